The Morgan fingerprint density at radius 1 is 1.05 bits per heavy atom. The van der Waals surface area contributed by atoms with Crippen LogP contribution in [0.15, 0.2) is 36.4 Å². The van der Waals surface area contributed by atoms with Gasteiger partial charge in [-0.25, -0.2) is 0 Å². The fourth-order valence-electron chi connectivity index (χ4n) is 2.05. The molecule has 2 rings (SSSR count). The molecule has 4 heteroatoms. The highest BCUT2D eigenvalue weighted by Gasteiger charge is 2.15. The maximum atomic E-state index is 5.92. The predicted octanol–water partition coefficient (Wildman–Crippen LogP) is 4.28. The van der Waals surface area contributed by atoms with Crippen molar-refractivity contribution in [3.8, 4) is 0 Å². The topological polar surface area (TPSA) is 12.0 Å². The molecule has 1 nitrogen and oxygen atoms in total. The molecule has 0 aliphatic heterocycles. The molecular formula is C16H22ClNSSi. The number of rotatable bonds is 6. The number of hydrogen-bond donors (Lipinski definition) is 1. The van der Waals surface area contributed by atoms with Crippen LogP contribution < -0.4 is 10.5 Å². The molecule has 1 aromatic carbocycles. The summed E-state index contributed by atoms with van der Waals surface area (Å²) in [5.41, 5.74) is 1.36. The van der Waals surface area contributed by atoms with Crippen LogP contribution in [0, 0.1) is 0 Å². The zero-order valence-electron chi connectivity index (χ0n) is 12.4. The Bertz CT molecular complexity index is 542. The fraction of sp³-hybridized carbons (Fsp3) is 0.375. The second kappa shape index (κ2) is 6.90. The van der Waals surface area contributed by atoms with E-state index < -0.39 is 8.07 Å². The van der Waals surface area contributed by atoms with Crippen LogP contribution in [0.2, 0.25) is 24.0 Å². The minimum atomic E-state index is -1.17. The smallest absolute Gasteiger partial charge is 0.0931 e. The van der Waals surface area contributed by atoms with Gasteiger partial charge in [0.05, 0.1) is 12.4 Å². The molecule has 0 aliphatic rings. The summed E-state index contributed by atoms with van der Waals surface area (Å²) in [7, 11) is -1.17. The molecule has 0 saturated heterocycles. The largest absolute Gasteiger partial charge is 0.312 e. The van der Waals surface area contributed by atoms with E-state index in [0.717, 1.165) is 23.8 Å². The van der Waals surface area contributed by atoms with Crippen LogP contribution in [0.5, 0.6) is 0 Å². The lowest BCUT2D eigenvalue weighted by molar-refractivity contribution is 0.691. The first-order chi connectivity index (χ1) is 9.45. The Kier molecular flexibility index (Phi) is 5.44. The van der Waals surface area contributed by atoms with Gasteiger partial charge in [-0.15, -0.1) is 11.3 Å². The maximum Gasteiger partial charge on any atom is 0.0931 e. The Hall–Kier alpha value is -0.613. The van der Waals surface area contributed by atoms with Gasteiger partial charge in [0.15, 0.2) is 0 Å². The first-order valence-corrected chi connectivity index (χ1v) is 11.7. The Balaban J connectivity index is 1.77. The van der Waals surface area contributed by atoms with Crippen LogP contribution in [0.25, 0.3) is 0 Å². The highest BCUT2D eigenvalue weighted by molar-refractivity contribution is 7.16. The molecule has 1 N–H and O–H groups in total. The molecule has 0 bridgehead atoms. The number of halogens is 1. The molecule has 0 saturated carbocycles. The molecule has 0 radical (unpaired) electrons. The van der Waals surface area contributed by atoms with Crippen LogP contribution in [0.3, 0.4) is 0 Å². The van der Waals surface area contributed by atoms with Crippen LogP contribution in [0.1, 0.15) is 10.4 Å². The normalized spacial score (nSPS) is 11.8. The molecule has 0 aliphatic carbocycles. The molecule has 0 amide bonds. The molecule has 0 spiro atoms. The van der Waals surface area contributed by atoms with E-state index in [9.17, 15) is 0 Å². The molecule has 0 atom stereocenters. The maximum absolute atomic E-state index is 5.92. The van der Waals surface area contributed by atoms with Gasteiger partial charge in [0.25, 0.3) is 0 Å². The van der Waals surface area contributed by atoms with E-state index in [-0.39, 0.29) is 0 Å². The number of hydrogen-bond acceptors (Lipinski definition) is 2. The van der Waals surface area contributed by atoms with E-state index >= 15 is 0 Å². The van der Waals surface area contributed by atoms with E-state index in [1.165, 1.54) is 15.6 Å². The Morgan fingerprint density at radius 3 is 2.30 bits per heavy atom. The molecule has 1 aromatic heterocycles. The van der Waals surface area contributed by atoms with Crippen LogP contribution in [0.4, 0.5) is 0 Å². The lowest BCUT2D eigenvalue weighted by Gasteiger charge is -2.16. The molecule has 20 heavy (non-hydrogen) atoms. The van der Waals surface area contributed by atoms with Gasteiger partial charge in [0, 0.05) is 18.0 Å². The van der Waals surface area contributed by atoms with Gasteiger partial charge in [-0.05, 0) is 24.1 Å². The summed E-state index contributed by atoms with van der Waals surface area (Å²) in [6.45, 7) is 9.07. The summed E-state index contributed by atoms with van der Waals surface area (Å²) < 4.78 is 0.877. The fourth-order valence-corrected chi connectivity index (χ4v) is 4.31. The number of nitrogens with one attached hydrogen (secondary N) is 1. The summed E-state index contributed by atoms with van der Waals surface area (Å²) in [6.07, 6.45) is 1.05. The second-order valence-corrected chi connectivity index (χ2v) is 13.0. The molecule has 1 heterocycles. The zero-order chi connectivity index (χ0) is 14.6. The Morgan fingerprint density at radius 2 is 1.75 bits per heavy atom. The predicted molar refractivity (Wildman–Crippen MR) is 94.2 cm³/mol. The standard InChI is InChI=1S/C16H22ClNSSi/c1-20(2,3)15-7-4-13(5-8-15)12-18-11-10-14-6-9-16(17)19-14/h4-9,18H,10-12H2,1-3H3. The summed E-state index contributed by atoms with van der Waals surface area (Å²) >= 11 is 7.59. The van der Waals surface area contributed by atoms with Gasteiger partial charge in [0.2, 0.25) is 0 Å². The van der Waals surface area contributed by atoms with Crippen molar-refractivity contribution in [1.82, 2.24) is 5.32 Å². The SMILES string of the molecule is C[Si](C)(C)c1ccc(CNCCc2ccc(Cl)s2)cc1. The molecular weight excluding hydrogens is 302 g/mol. The minimum Gasteiger partial charge on any atom is -0.312 e. The quantitative estimate of drug-likeness (QED) is 0.618. The number of benzene rings is 1. The highest BCUT2D eigenvalue weighted by atomic mass is 35.5. The lowest BCUT2D eigenvalue weighted by Crippen LogP contribution is -2.37. The van der Waals surface area contributed by atoms with Gasteiger partial charge >= 0.3 is 0 Å². The lowest BCUT2D eigenvalue weighted by atomic mass is 10.2. The van der Waals surface area contributed by atoms with E-state index in [4.69, 9.17) is 11.6 Å². The highest BCUT2D eigenvalue weighted by Crippen LogP contribution is 2.21. The van der Waals surface area contributed by atoms with Crippen molar-refractivity contribution in [3.05, 3.63) is 51.2 Å². The molecule has 0 unspecified atom stereocenters. The minimum absolute atomic E-state index is 0.877. The van der Waals surface area contributed by atoms with Crippen LogP contribution in [-0.2, 0) is 13.0 Å². The monoisotopic (exact) mass is 323 g/mol. The van der Waals surface area contributed by atoms with Gasteiger partial charge in [-0.1, -0.05) is 60.7 Å². The van der Waals surface area contributed by atoms with Gasteiger partial charge in [0.1, 0.15) is 0 Å². The van der Waals surface area contributed by atoms with E-state index in [1.54, 1.807) is 11.3 Å². The summed E-state index contributed by atoms with van der Waals surface area (Å²) in [6, 6.07) is 13.2. The summed E-state index contributed by atoms with van der Waals surface area (Å²) in [5, 5.41) is 5.02. The first kappa shape index (κ1) is 15.8. The van der Waals surface area contributed by atoms with Crippen molar-refractivity contribution in [2.75, 3.05) is 6.54 Å². The molecule has 108 valence electrons. The summed E-state index contributed by atoms with van der Waals surface area (Å²) in [5.74, 6) is 0. The van der Waals surface area contributed by atoms with Gasteiger partial charge in [-0.3, -0.25) is 0 Å². The van der Waals surface area contributed by atoms with Crippen molar-refractivity contribution in [1.29, 1.82) is 0 Å². The van der Waals surface area contributed by atoms with Gasteiger partial charge < -0.3 is 5.32 Å². The van der Waals surface area contributed by atoms with Crippen molar-refractivity contribution >= 4 is 36.2 Å². The average molecular weight is 324 g/mol. The van der Waals surface area contributed by atoms with Crippen molar-refractivity contribution < 1.29 is 0 Å². The third-order valence-electron chi connectivity index (χ3n) is 3.33. The van der Waals surface area contributed by atoms with Gasteiger partial charge in [-0.2, -0.15) is 0 Å². The van der Waals surface area contributed by atoms with E-state index in [1.807, 2.05) is 6.07 Å². The van der Waals surface area contributed by atoms with Crippen molar-refractivity contribution in [3.63, 3.8) is 0 Å². The first-order valence-electron chi connectivity index (χ1n) is 6.99. The van der Waals surface area contributed by atoms with E-state index in [2.05, 4.69) is 55.3 Å². The number of thiophene rings is 1. The van der Waals surface area contributed by atoms with Crippen molar-refractivity contribution in [2.24, 2.45) is 0 Å². The van der Waals surface area contributed by atoms with Crippen molar-refractivity contribution in [2.45, 2.75) is 32.6 Å². The average Bonchev–Trinajstić information content (AvgIpc) is 2.80. The summed E-state index contributed by atoms with van der Waals surface area (Å²) in [4.78, 5) is 1.34. The van der Waals surface area contributed by atoms with E-state index in [0.29, 0.717) is 0 Å². The Labute approximate surface area is 132 Å². The molecule has 2 aromatic rings. The van der Waals surface area contributed by atoms with Crippen LogP contribution in [-0.4, -0.2) is 14.6 Å². The van der Waals surface area contributed by atoms with Crippen LogP contribution >= 0.6 is 22.9 Å². The second-order valence-electron chi connectivity index (χ2n) is 6.08. The third kappa shape index (κ3) is 4.74. The third-order valence-corrected chi connectivity index (χ3v) is 6.68. The zero-order valence-corrected chi connectivity index (χ0v) is 14.9. The molecule has 0 fully saturated rings.